The summed E-state index contributed by atoms with van der Waals surface area (Å²) in [6.07, 6.45) is -2.90. The van der Waals surface area contributed by atoms with E-state index < -0.39 is 12.7 Å². The molecule has 0 radical (unpaired) electrons. The Morgan fingerprint density at radius 1 is 1.47 bits per heavy atom. The number of ether oxygens (including phenoxy) is 1. The standard InChI is InChI=1S/C11H15F3N2O/c1-8(6-15-7-11(12,13)14)17-10-4-3-5-16-9(10)2/h3-5,8,15H,6-7H2,1-2H3. The quantitative estimate of drug-likeness (QED) is 0.868. The summed E-state index contributed by atoms with van der Waals surface area (Å²) in [5.74, 6) is 0.591. The number of aryl methyl sites for hydroxylation is 1. The fraction of sp³-hybridized carbons (Fsp3) is 0.545. The normalized spacial score (nSPS) is 13.5. The molecule has 0 bridgehead atoms. The zero-order valence-corrected chi connectivity index (χ0v) is 9.71. The second kappa shape index (κ2) is 5.86. The topological polar surface area (TPSA) is 34.1 Å². The largest absolute Gasteiger partial charge is 0.487 e. The van der Waals surface area contributed by atoms with Gasteiger partial charge < -0.3 is 10.1 Å². The van der Waals surface area contributed by atoms with E-state index in [-0.39, 0.29) is 12.6 Å². The highest BCUT2D eigenvalue weighted by atomic mass is 19.4. The van der Waals surface area contributed by atoms with E-state index >= 15 is 0 Å². The lowest BCUT2D eigenvalue weighted by atomic mass is 10.3. The summed E-state index contributed by atoms with van der Waals surface area (Å²) in [6.45, 7) is 2.61. The van der Waals surface area contributed by atoms with Gasteiger partial charge in [0.15, 0.2) is 0 Å². The Labute approximate surface area is 98.0 Å². The van der Waals surface area contributed by atoms with E-state index in [0.717, 1.165) is 5.69 Å². The summed E-state index contributed by atoms with van der Waals surface area (Å²) in [5.41, 5.74) is 0.718. The van der Waals surface area contributed by atoms with Crippen LogP contribution < -0.4 is 10.1 Å². The van der Waals surface area contributed by atoms with Crippen molar-refractivity contribution < 1.29 is 17.9 Å². The number of halogens is 3. The maximum absolute atomic E-state index is 11.9. The second-order valence-electron chi connectivity index (χ2n) is 3.76. The molecule has 0 amide bonds. The summed E-state index contributed by atoms with van der Waals surface area (Å²) >= 11 is 0. The van der Waals surface area contributed by atoms with Gasteiger partial charge in [-0.3, -0.25) is 4.98 Å². The highest BCUT2D eigenvalue weighted by Gasteiger charge is 2.26. The molecule has 1 N–H and O–H groups in total. The maximum Gasteiger partial charge on any atom is 0.401 e. The van der Waals surface area contributed by atoms with Crippen LogP contribution in [0.1, 0.15) is 12.6 Å². The number of hydrogen-bond donors (Lipinski definition) is 1. The van der Waals surface area contributed by atoms with Gasteiger partial charge in [0.05, 0.1) is 12.2 Å². The van der Waals surface area contributed by atoms with Crippen molar-refractivity contribution >= 4 is 0 Å². The Morgan fingerprint density at radius 2 is 2.18 bits per heavy atom. The first-order valence-electron chi connectivity index (χ1n) is 5.24. The van der Waals surface area contributed by atoms with Gasteiger partial charge in [-0.15, -0.1) is 0 Å². The molecule has 0 saturated heterocycles. The number of pyridine rings is 1. The molecule has 6 heteroatoms. The third-order valence-electron chi connectivity index (χ3n) is 2.04. The molecule has 0 aliphatic carbocycles. The number of alkyl halides is 3. The minimum atomic E-state index is -4.19. The number of hydrogen-bond acceptors (Lipinski definition) is 3. The van der Waals surface area contributed by atoms with Crippen LogP contribution in [0.2, 0.25) is 0 Å². The zero-order chi connectivity index (χ0) is 12.9. The lowest BCUT2D eigenvalue weighted by Crippen LogP contribution is -2.35. The predicted molar refractivity (Wildman–Crippen MR) is 58.0 cm³/mol. The van der Waals surface area contributed by atoms with E-state index in [1.54, 1.807) is 32.2 Å². The van der Waals surface area contributed by atoms with Crippen LogP contribution in [0.5, 0.6) is 5.75 Å². The molecule has 3 nitrogen and oxygen atoms in total. The fourth-order valence-electron chi connectivity index (χ4n) is 1.27. The van der Waals surface area contributed by atoms with Gasteiger partial charge >= 0.3 is 6.18 Å². The fourth-order valence-corrected chi connectivity index (χ4v) is 1.27. The van der Waals surface area contributed by atoms with Crippen molar-refractivity contribution in [3.63, 3.8) is 0 Å². The smallest absolute Gasteiger partial charge is 0.401 e. The molecule has 1 aromatic rings. The van der Waals surface area contributed by atoms with Crippen LogP contribution in [0.3, 0.4) is 0 Å². The first-order chi connectivity index (χ1) is 7.88. The van der Waals surface area contributed by atoms with Gasteiger partial charge in [-0.05, 0) is 26.0 Å². The molecule has 1 atom stereocenters. The van der Waals surface area contributed by atoms with E-state index in [4.69, 9.17) is 4.74 Å². The van der Waals surface area contributed by atoms with Crippen LogP contribution in [0.4, 0.5) is 13.2 Å². The van der Waals surface area contributed by atoms with Gasteiger partial charge in [0, 0.05) is 12.7 Å². The minimum Gasteiger partial charge on any atom is -0.487 e. The SMILES string of the molecule is Cc1ncccc1OC(C)CNCC(F)(F)F. The average molecular weight is 248 g/mol. The molecule has 0 spiro atoms. The van der Waals surface area contributed by atoms with Gasteiger partial charge in [-0.25, -0.2) is 0 Å². The molecule has 0 aromatic carbocycles. The molecule has 1 unspecified atom stereocenters. The zero-order valence-electron chi connectivity index (χ0n) is 9.71. The molecule has 1 rings (SSSR count). The molecule has 0 fully saturated rings. The van der Waals surface area contributed by atoms with Crippen LogP contribution in [0.25, 0.3) is 0 Å². The van der Waals surface area contributed by atoms with E-state index in [1.165, 1.54) is 0 Å². The highest BCUT2D eigenvalue weighted by Crippen LogP contribution is 2.15. The van der Waals surface area contributed by atoms with Crippen molar-refractivity contribution in [2.45, 2.75) is 26.1 Å². The Bertz CT molecular complexity index is 355. The number of nitrogens with zero attached hydrogens (tertiary/aromatic N) is 1. The third kappa shape index (κ3) is 5.53. The highest BCUT2D eigenvalue weighted by molar-refractivity contribution is 5.25. The Hall–Kier alpha value is -1.30. The van der Waals surface area contributed by atoms with Gasteiger partial charge in [-0.1, -0.05) is 0 Å². The lowest BCUT2D eigenvalue weighted by Gasteiger charge is -2.17. The molecular formula is C11H15F3N2O. The molecule has 0 aliphatic rings. The summed E-state index contributed by atoms with van der Waals surface area (Å²) < 4.78 is 41.1. The van der Waals surface area contributed by atoms with Crippen LogP contribution in [0.15, 0.2) is 18.3 Å². The summed E-state index contributed by atoms with van der Waals surface area (Å²) in [7, 11) is 0. The number of rotatable bonds is 5. The van der Waals surface area contributed by atoms with Crippen LogP contribution >= 0.6 is 0 Å². The second-order valence-corrected chi connectivity index (χ2v) is 3.76. The average Bonchev–Trinajstić information content (AvgIpc) is 2.19. The van der Waals surface area contributed by atoms with Crippen LogP contribution in [0, 0.1) is 6.92 Å². The van der Waals surface area contributed by atoms with Crippen molar-refractivity contribution in [2.75, 3.05) is 13.1 Å². The first-order valence-corrected chi connectivity index (χ1v) is 5.24. The number of nitrogens with one attached hydrogen (secondary N) is 1. The van der Waals surface area contributed by atoms with Crippen molar-refractivity contribution in [2.24, 2.45) is 0 Å². The van der Waals surface area contributed by atoms with Crippen molar-refractivity contribution in [3.8, 4) is 5.75 Å². The van der Waals surface area contributed by atoms with Crippen molar-refractivity contribution in [3.05, 3.63) is 24.0 Å². The van der Waals surface area contributed by atoms with Crippen molar-refractivity contribution in [1.82, 2.24) is 10.3 Å². The number of aromatic nitrogens is 1. The molecule has 0 saturated carbocycles. The molecule has 0 aliphatic heterocycles. The molecule has 1 heterocycles. The van der Waals surface area contributed by atoms with E-state index in [2.05, 4.69) is 10.3 Å². The molecule has 17 heavy (non-hydrogen) atoms. The Morgan fingerprint density at radius 3 is 2.76 bits per heavy atom. The monoisotopic (exact) mass is 248 g/mol. The molecule has 96 valence electrons. The van der Waals surface area contributed by atoms with Gasteiger partial charge in [0.25, 0.3) is 0 Å². The Kier molecular flexibility index (Phi) is 4.74. The van der Waals surface area contributed by atoms with Crippen molar-refractivity contribution in [1.29, 1.82) is 0 Å². The first kappa shape index (κ1) is 13.8. The Balaban J connectivity index is 2.35. The van der Waals surface area contributed by atoms with Gasteiger partial charge in [-0.2, -0.15) is 13.2 Å². The minimum absolute atomic E-state index is 0.133. The summed E-state index contributed by atoms with van der Waals surface area (Å²) in [6, 6.07) is 3.46. The van der Waals surface area contributed by atoms with Crippen LogP contribution in [-0.2, 0) is 0 Å². The van der Waals surface area contributed by atoms with E-state index in [9.17, 15) is 13.2 Å². The summed E-state index contributed by atoms with van der Waals surface area (Å²) in [4.78, 5) is 4.03. The van der Waals surface area contributed by atoms with E-state index in [1.807, 2.05) is 0 Å². The summed E-state index contributed by atoms with van der Waals surface area (Å²) in [5, 5.41) is 2.29. The molecular weight excluding hydrogens is 233 g/mol. The van der Waals surface area contributed by atoms with E-state index in [0.29, 0.717) is 5.75 Å². The van der Waals surface area contributed by atoms with Gasteiger partial charge in [0.1, 0.15) is 11.9 Å². The van der Waals surface area contributed by atoms with Gasteiger partial charge in [0.2, 0.25) is 0 Å². The third-order valence-corrected chi connectivity index (χ3v) is 2.04. The maximum atomic E-state index is 11.9. The van der Waals surface area contributed by atoms with Crippen LogP contribution in [-0.4, -0.2) is 30.4 Å². The predicted octanol–water partition coefficient (Wildman–Crippen LogP) is 2.31. The molecule has 1 aromatic heterocycles. The lowest BCUT2D eigenvalue weighted by molar-refractivity contribution is -0.125.